The number of non-ortho nitro benzene ring substituents is 1. The van der Waals surface area contributed by atoms with Crippen molar-refractivity contribution in [2.24, 2.45) is 0 Å². The van der Waals surface area contributed by atoms with Crippen molar-refractivity contribution >= 4 is 35.0 Å². The van der Waals surface area contributed by atoms with Crippen LogP contribution >= 0.6 is 11.6 Å². The summed E-state index contributed by atoms with van der Waals surface area (Å²) in [5.41, 5.74) is 1.01. The molecular weight excluding hydrogens is 332 g/mol. The molecule has 0 bridgehead atoms. The maximum Gasteiger partial charge on any atom is 0.271 e. The largest absolute Gasteiger partial charge is 0.494 e. The van der Waals surface area contributed by atoms with Gasteiger partial charge in [-0.15, -0.1) is 0 Å². The number of ether oxygens (including phenoxy) is 1. The summed E-state index contributed by atoms with van der Waals surface area (Å²) < 4.78 is 5.34. The summed E-state index contributed by atoms with van der Waals surface area (Å²) in [6, 6.07) is 11.1. The van der Waals surface area contributed by atoms with Crippen LogP contribution in [-0.4, -0.2) is 17.4 Å². The van der Waals surface area contributed by atoms with E-state index in [1.807, 2.05) is 31.2 Å². The average Bonchev–Trinajstić information content (AvgIpc) is 2.56. The van der Waals surface area contributed by atoms with Gasteiger partial charge in [0.05, 0.1) is 22.2 Å². The standard InChI is InChI=1S/C17H15ClN2O4/c1-2-24-14-7-3-12(4-8-14)5-10-17(21)19-16-9-6-13(20(22)23)11-15(16)18/h3-11H,2H2,1H3,(H,19,21)/b10-5+. The van der Waals surface area contributed by atoms with E-state index in [1.54, 1.807) is 6.08 Å². The number of nitro benzene ring substituents is 1. The third-order valence-corrected chi connectivity index (χ3v) is 3.35. The van der Waals surface area contributed by atoms with E-state index in [0.29, 0.717) is 12.3 Å². The van der Waals surface area contributed by atoms with E-state index in [-0.39, 0.29) is 16.6 Å². The lowest BCUT2D eigenvalue weighted by molar-refractivity contribution is -0.384. The number of rotatable bonds is 6. The van der Waals surface area contributed by atoms with Gasteiger partial charge in [-0.25, -0.2) is 0 Å². The van der Waals surface area contributed by atoms with Gasteiger partial charge in [0.2, 0.25) is 5.91 Å². The minimum Gasteiger partial charge on any atom is -0.494 e. The number of carbonyl (C=O) groups excluding carboxylic acids is 1. The van der Waals surface area contributed by atoms with Gasteiger partial charge in [-0.2, -0.15) is 0 Å². The number of nitro groups is 1. The summed E-state index contributed by atoms with van der Waals surface area (Å²) in [6.07, 6.45) is 3.00. The molecule has 124 valence electrons. The molecular formula is C17H15ClN2O4. The summed E-state index contributed by atoms with van der Waals surface area (Å²) in [7, 11) is 0. The van der Waals surface area contributed by atoms with Crippen molar-refractivity contribution in [1.82, 2.24) is 0 Å². The van der Waals surface area contributed by atoms with E-state index in [0.717, 1.165) is 11.3 Å². The van der Waals surface area contributed by atoms with Crippen molar-refractivity contribution in [2.75, 3.05) is 11.9 Å². The van der Waals surface area contributed by atoms with Crippen molar-refractivity contribution in [2.45, 2.75) is 6.92 Å². The highest BCUT2D eigenvalue weighted by Crippen LogP contribution is 2.26. The lowest BCUT2D eigenvalue weighted by Crippen LogP contribution is -2.08. The van der Waals surface area contributed by atoms with Crippen LogP contribution in [0.5, 0.6) is 5.75 Å². The predicted molar refractivity (Wildman–Crippen MR) is 93.4 cm³/mol. The Hall–Kier alpha value is -2.86. The Morgan fingerprint density at radius 1 is 1.29 bits per heavy atom. The zero-order valence-electron chi connectivity index (χ0n) is 12.9. The lowest BCUT2D eigenvalue weighted by Gasteiger charge is -2.05. The summed E-state index contributed by atoms with van der Waals surface area (Å²) >= 11 is 5.92. The van der Waals surface area contributed by atoms with Crippen LogP contribution in [0.15, 0.2) is 48.5 Å². The van der Waals surface area contributed by atoms with E-state index in [2.05, 4.69) is 5.32 Å². The Balaban J connectivity index is 2.01. The van der Waals surface area contributed by atoms with Gasteiger partial charge in [0.25, 0.3) is 5.69 Å². The molecule has 2 aromatic rings. The van der Waals surface area contributed by atoms with Gasteiger partial charge in [-0.1, -0.05) is 23.7 Å². The van der Waals surface area contributed by atoms with Crippen molar-refractivity contribution in [3.05, 3.63) is 69.2 Å². The normalized spacial score (nSPS) is 10.6. The Kier molecular flexibility index (Phi) is 5.92. The first-order valence-electron chi connectivity index (χ1n) is 7.15. The zero-order valence-corrected chi connectivity index (χ0v) is 13.6. The molecule has 0 atom stereocenters. The molecule has 0 spiro atoms. The van der Waals surface area contributed by atoms with Gasteiger partial charge >= 0.3 is 0 Å². The molecule has 0 aliphatic carbocycles. The first kappa shape index (κ1) is 17.5. The number of nitrogens with one attached hydrogen (secondary N) is 1. The number of amides is 1. The van der Waals surface area contributed by atoms with Crippen LogP contribution < -0.4 is 10.1 Å². The smallest absolute Gasteiger partial charge is 0.271 e. The Morgan fingerprint density at radius 2 is 2.00 bits per heavy atom. The number of hydrogen-bond acceptors (Lipinski definition) is 4. The van der Waals surface area contributed by atoms with Crippen molar-refractivity contribution < 1.29 is 14.5 Å². The van der Waals surface area contributed by atoms with E-state index in [1.165, 1.54) is 24.3 Å². The average molecular weight is 347 g/mol. The molecule has 1 N–H and O–H groups in total. The van der Waals surface area contributed by atoms with Crippen LogP contribution in [0.2, 0.25) is 5.02 Å². The number of halogens is 1. The first-order chi connectivity index (χ1) is 11.5. The first-order valence-corrected chi connectivity index (χ1v) is 7.53. The van der Waals surface area contributed by atoms with Crippen LogP contribution in [-0.2, 0) is 4.79 Å². The Morgan fingerprint density at radius 3 is 2.58 bits per heavy atom. The molecule has 0 saturated carbocycles. The number of nitrogens with zero attached hydrogens (tertiary/aromatic N) is 1. The molecule has 0 radical (unpaired) electrons. The topological polar surface area (TPSA) is 81.5 Å². The SMILES string of the molecule is CCOc1ccc(/C=C/C(=O)Nc2ccc([N+](=O)[O-])cc2Cl)cc1. The number of hydrogen-bond donors (Lipinski definition) is 1. The molecule has 0 aliphatic rings. The monoisotopic (exact) mass is 346 g/mol. The van der Waals surface area contributed by atoms with Gasteiger partial charge < -0.3 is 10.1 Å². The minimum absolute atomic E-state index is 0.104. The Labute approximate surface area is 143 Å². The van der Waals surface area contributed by atoms with Crippen LogP contribution in [0.3, 0.4) is 0 Å². The highest BCUT2D eigenvalue weighted by molar-refractivity contribution is 6.34. The Bertz CT molecular complexity index is 773. The van der Waals surface area contributed by atoms with Gasteiger partial charge in [0.1, 0.15) is 5.75 Å². The molecule has 0 aromatic heterocycles. The third kappa shape index (κ3) is 4.82. The number of benzene rings is 2. The fourth-order valence-electron chi connectivity index (χ4n) is 1.91. The second-order valence-corrected chi connectivity index (χ2v) is 5.15. The van der Waals surface area contributed by atoms with Crippen molar-refractivity contribution in [1.29, 1.82) is 0 Å². The summed E-state index contributed by atoms with van der Waals surface area (Å²) in [6.45, 7) is 2.50. The molecule has 0 heterocycles. The van der Waals surface area contributed by atoms with Gasteiger partial charge in [-0.05, 0) is 36.8 Å². The second-order valence-electron chi connectivity index (χ2n) is 4.75. The predicted octanol–water partition coefficient (Wildman–Crippen LogP) is 4.30. The van der Waals surface area contributed by atoms with Gasteiger partial charge in [-0.3, -0.25) is 14.9 Å². The molecule has 2 aromatic carbocycles. The summed E-state index contributed by atoms with van der Waals surface area (Å²) in [4.78, 5) is 22.0. The number of anilines is 1. The van der Waals surface area contributed by atoms with Crippen molar-refractivity contribution in [3.63, 3.8) is 0 Å². The maximum absolute atomic E-state index is 11.9. The van der Waals surface area contributed by atoms with Crippen LogP contribution in [0.25, 0.3) is 6.08 Å². The molecule has 0 aliphatic heterocycles. The van der Waals surface area contributed by atoms with E-state index in [9.17, 15) is 14.9 Å². The summed E-state index contributed by atoms with van der Waals surface area (Å²) in [5, 5.41) is 13.3. The molecule has 0 saturated heterocycles. The lowest BCUT2D eigenvalue weighted by atomic mass is 10.2. The fraction of sp³-hybridized carbons (Fsp3) is 0.118. The van der Waals surface area contributed by atoms with E-state index < -0.39 is 4.92 Å². The third-order valence-electron chi connectivity index (χ3n) is 3.04. The highest BCUT2D eigenvalue weighted by Gasteiger charge is 2.10. The fourth-order valence-corrected chi connectivity index (χ4v) is 2.13. The van der Waals surface area contributed by atoms with Gasteiger partial charge in [0.15, 0.2) is 0 Å². The summed E-state index contributed by atoms with van der Waals surface area (Å²) in [5.74, 6) is 0.372. The minimum atomic E-state index is -0.552. The quantitative estimate of drug-likeness (QED) is 0.480. The zero-order chi connectivity index (χ0) is 17.5. The molecule has 1 amide bonds. The molecule has 7 heteroatoms. The maximum atomic E-state index is 11.9. The number of carbonyl (C=O) groups is 1. The van der Waals surface area contributed by atoms with Crippen LogP contribution in [0, 0.1) is 10.1 Å². The highest BCUT2D eigenvalue weighted by atomic mass is 35.5. The molecule has 6 nitrogen and oxygen atoms in total. The second kappa shape index (κ2) is 8.12. The van der Waals surface area contributed by atoms with Crippen LogP contribution in [0.1, 0.15) is 12.5 Å². The van der Waals surface area contributed by atoms with E-state index in [4.69, 9.17) is 16.3 Å². The molecule has 24 heavy (non-hydrogen) atoms. The van der Waals surface area contributed by atoms with Crippen molar-refractivity contribution in [3.8, 4) is 5.75 Å². The van der Waals surface area contributed by atoms with Crippen LogP contribution in [0.4, 0.5) is 11.4 Å². The molecule has 2 rings (SSSR count). The molecule has 0 unspecified atom stereocenters. The van der Waals surface area contributed by atoms with E-state index >= 15 is 0 Å². The van der Waals surface area contributed by atoms with Gasteiger partial charge in [0, 0.05) is 18.2 Å². The molecule has 0 fully saturated rings.